The lowest BCUT2D eigenvalue weighted by Crippen LogP contribution is -2.03. The number of rotatable bonds is 1. The average Bonchev–Trinajstić information content (AvgIpc) is 2.79. The highest BCUT2D eigenvalue weighted by molar-refractivity contribution is 5.98. The van der Waals surface area contributed by atoms with Crippen molar-refractivity contribution < 1.29 is 4.42 Å². The Morgan fingerprint density at radius 2 is 1.40 bits per heavy atom. The molecule has 142 valence electrons. The van der Waals surface area contributed by atoms with Gasteiger partial charge in [0.2, 0.25) is 5.43 Å². The van der Waals surface area contributed by atoms with E-state index in [0.29, 0.717) is 21.9 Å². The maximum Gasteiger partial charge on any atom is 0.200 e. The molecular weight excluding hydrogens is 368 g/mol. The van der Waals surface area contributed by atoms with Crippen molar-refractivity contribution in [2.24, 2.45) is 0 Å². The Morgan fingerprint density at radius 1 is 0.700 bits per heavy atom. The topological polar surface area (TPSA) is 30.2 Å². The molecule has 5 rings (SSSR count). The third-order valence-corrected chi connectivity index (χ3v) is 5.14. The first kappa shape index (κ1) is 18.0. The second kappa shape index (κ2) is 7.39. The number of hydrogen-bond acceptors (Lipinski definition) is 2. The fourth-order valence-electron chi connectivity index (χ4n) is 3.64. The Hall–Kier alpha value is -4.09. The molecule has 0 unspecified atom stereocenters. The Balaban J connectivity index is 1.83. The molecule has 0 aliphatic carbocycles. The summed E-state index contributed by atoms with van der Waals surface area (Å²) < 4.78 is 6.24. The molecule has 30 heavy (non-hydrogen) atoms. The summed E-state index contributed by atoms with van der Waals surface area (Å²) in [6, 6.07) is 29.3. The molecule has 0 amide bonds. The lowest BCUT2D eigenvalue weighted by Gasteiger charge is -2.09. The Labute approximate surface area is 174 Å². The molecule has 0 saturated carbocycles. The molecule has 1 aromatic heterocycles. The highest BCUT2D eigenvalue weighted by atomic mass is 16.3. The van der Waals surface area contributed by atoms with Crippen LogP contribution >= 0.6 is 0 Å². The first-order chi connectivity index (χ1) is 14.7. The molecule has 4 aromatic carbocycles. The normalized spacial score (nSPS) is 10.7. The van der Waals surface area contributed by atoms with Crippen molar-refractivity contribution in [3.05, 3.63) is 118 Å². The van der Waals surface area contributed by atoms with Gasteiger partial charge in [0.05, 0.1) is 10.8 Å². The van der Waals surface area contributed by atoms with Crippen molar-refractivity contribution in [3.8, 4) is 23.0 Å². The standard InChI is InChI=1S/C28H18O2/c1-19-12-15-26-24(16-19)27(29)25-18-21(14-13-20-8-4-2-5-9-20)17-23(28(25)30-26)22-10-6-3-7-11-22/h2-12,15-18H,1H3. The molecule has 0 spiro atoms. The van der Waals surface area contributed by atoms with Crippen LogP contribution in [0.15, 0.2) is 100 Å². The van der Waals surface area contributed by atoms with Gasteiger partial charge in [-0.05, 0) is 48.9 Å². The van der Waals surface area contributed by atoms with E-state index in [1.807, 2.05) is 97.9 Å². The summed E-state index contributed by atoms with van der Waals surface area (Å²) in [5, 5.41) is 1.14. The second-order valence-corrected chi connectivity index (χ2v) is 7.31. The lowest BCUT2D eigenvalue weighted by molar-refractivity contribution is 0.661. The van der Waals surface area contributed by atoms with Crippen LogP contribution < -0.4 is 5.43 Å². The van der Waals surface area contributed by atoms with E-state index < -0.39 is 0 Å². The molecule has 0 saturated heterocycles. The monoisotopic (exact) mass is 386 g/mol. The van der Waals surface area contributed by atoms with E-state index in [2.05, 4.69) is 11.8 Å². The van der Waals surface area contributed by atoms with Crippen molar-refractivity contribution in [1.29, 1.82) is 0 Å². The Morgan fingerprint density at radius 3 is 2.17 bits per heavy atom. The Kier molecular flexibility index (Phi) is 4.42. The second-order valence-electron chi connectivity index (χ2n) is 7.31. The van der Waals surface area contributed by atoms with Crippen LogP contribution in [0.25, 0.3) is 33.1 Å². The van der Waals surface area contributed by atoms with Gasteiger partial charge in [-0.2, -0.15) is 0 Å². The van der Waals surface area contributed by atoms with Gasteiger partial charge in [-0.25, -0.2) is 0 Å². The van der Waals surface area contributed by atoms with Gasteiger partial charge < -0.3 is 4.42 Å². The van der Waals surface area contributed by atoms with Gasteiger partial charge in [-0.1, -0.05) is 72.0 Å². The number of aryl methyl sites for hydroxylation is 1. The fourth-order valence-corrected chi connectivity index (χ4v) is 3.64. The largest absolute Gasteiger partial charge is 0.455 e. The predicted octanol–water partition coefficient (Wildman–Crippen LogP) is 6.32. The average molecular weight is 386 g/mol. The van der Waals surface area contributed by atoms with Crippen molar-refractivity contribution >= 4 is 21.9 Å². The molecular formula is C28H18O2. The van der Waals surface area contributed by atoms with Gasteiger partial charge in [0, 0.05) is 16.7 Å². The van der Waals surface area contributed by atoms with Crippen LogP contribution in [0.1, 0.15) is 16.7 Å². The molecule has 2 nitrogen and oxygen atoms in total. The molecule has 0 radical (unpaired) electrons. The number of benzene rings is 4. The minimum atomic E-state index is -0.0320. The predicted molar refractivity (Wildman–Crippen MR) is 123 cm³/mol. The van der Waals surface area contributed by atoms with Gasteiger partial charge in [0.25, 0.3) is 0 Å². The van der Waals surface area contributed by atoms with Gasteiger partial charge in [-0.15, -0.1) is 0 Å². The summed E-state index contributed by atoms with van der Waals surface area (Å²) in [5.74, 6) is 6.41. The van der Waals surface area contributed by atoms with E-state index in [9.17, 15) is 4.79 Å². The zero-order valence-electron chi connectivity index (χ0n) is 16.5. The number of hydrogen-bond donors (Lipinski definition) is 0. The van der Waals surface area contributed by atoms with Crippen LogP contribution in [-0.2, 0) is 0 Å². The summed E-state index contributed by atoms with van der Waals surface area (Å²) in [7, 11) is 0. The molecule has 0 bridgehead atoms. The van der Waals surface area contributed by atoms with Crippen LogP contribution in [0.2, 0.25) is 0 Å². The summed E-state index contributed by atoms with van der Waals surface area (Å²) in [6.07, 6.45) is 0. The highest BCUT2D eigenvalue weighted by Crippen LogP contribution is 2.31. The van der Waals surface area contributed by atoms with E-state index in [4.69, 9.17) is 4.42 Å². The van der Waals surface area contributed by atoms with Gasteiger partial charge in [0.1, 0.15) is 11.2 Å². The maximum absolute atomic E-state index is 13.3. The van der Waals surface area contributed by atoms with Crippen molar-refractivity contribution in [2.45, 2.75) is 6.92 Å². The summed E-state index contributed by atoms with van der Waals surface area (Å²) >= 11 is 0. The van der Waals surface area contributed by atoms with Crippen molar-refractivity contribution in [2.75, 3.05) is 0 Å². The van der Waals surface area contributed by atoms with E-state index in [0.717, 1.165) is 27.8 Å². The molecule has 0 aliphatic rings. The maximum atomic E-state index is 13.3. The summed E-state index contributed by atoms with van der Waals surface area (Å²) in [5.41, 5.74) is 5.74. The quantitative estimate of drug-likeness (QED) is 0.249. The van der Waals surface area contributed by atoms with E-state index in [-0.39, 0.29) is 5.43 Å². The fraction of sp³-hybridized carbons (Fsp3) is 0.0357. The van der Waals surface area contributed by atoms with E-state index in [1.165, 1.54) is 0 Å². The minimum Gasteiger partial charge on any atom is -0.455 e. The molecule has 0 atom stereocenters. The Bertz CT molecular complexity index is 1500. The number of fused-ring (bicyclic) bond motifs is 2. The van der Waals surface area contributed by atoms with E-state index in [1.54, 1.807) is 0 Å². The van der Waals surface area contributed by atoms with Gasteiger partial charge >= 0.3 is 0 Å². The van der Waals surface area contributed by atoms with Gasteiger partial charge in [-0.3, -0.25) is 4.79 Å². The lowest BCUT2D eigenvalue weighted by atomic mass is 9.98. The van der Waals surface area contributed by atoms with Crippen LogP contribution in [-0.4, -0.2) is 0 Å². The van der Waals surface area contributed by atoms with Crippen molar-refractivity contribution in [3.63, 3.8) is 0 Å². The zero-order chi connectivity index (χ0) is 20.5. The first-order valence-corrected chi connectivity index (χ1v) is 9.83. The smallest absolute Gasteiger partial charge is 0.200 e. The van der Waals surface area contributed by atoms with E-state index >= 15 is 0 Å². The van der Waals surface area contributed by atoms with Gasteiger partial charge in [0.15, 0.2) is 0 Å². The molecule has 5 aromatic rings. The van der Waals surface area contributed by atoms with Crippen LogP contribution in [0.4, 0.5) is 0 Å². The molecule has 0 N–H and O–H groups in total. The molecule has 0 aliphatic heterocycles. The van der Waals surface area contributed by atoms with Crippen LogP contribution in [0, 0.1) is 18.8 Å². The van der Waals surface area contributed by atoms with Crippen LogP contribution in [0.3, 0.4) is 0 Å². The first-order valence-electron chi connectivity index (χ1n) is 9.83. The molecule has 2 heteroatoms. The molecule has 1 heterocycles. The third-order valence-electron chi connectivity index (χ3n) is 5.14. The van der Waals surface area contributed by atoms with Crippen LogP contribution in [0.5, 0.6) is 0 Å². The minimum absolute atomic E-state index is 0.0320. The SMILES string of the molecule is Cc1ccc2oc3c(-c4ccccc4)cc(C#Cc4ccccc4)cc3c(=O)c2c1. The summed E-state index contributed by atoms with van der Waals surface area (Å²) in [4.78, 5) is 13.3. The highest BCUT2D eigenvalue weighted by Gasteiger charge is 2.14. The summed E-state index contributed by atoms with van der Waals surface area (Å²) in [6.45, 7) is 1.97. The third kappa shape index (κ3) is 3.27. The zero-order valence-corrected chi connectivity index (χ0v) is 16.5. The van der Waals surface area contributed by atoms with Crippen molar-refractivity contribution in [1.82, 2.24) is 0 Å². The molecule has 0 fully saturated rings.